The fourth-order valence-corrected chi connectivity index (χ4v) is 2.24. The Morgan fingerprint density at radius 1 is 1.32 bits per heavy atom. The first-order valence-electron chi connectivity index (χ1n) is 6.63. The smallest absolute Gasteiger partial charge is 0.0952 e. The molecule has 0 radical (unpaired) electrons. The van der Waals surface area contributed by atoms with E-state index in [1.165, 1.54) is 22.4 Å². The molecule has 1 heterocycles. The largest absolute Gasteiger partial charge is 0.472 e. The van der Waals surface area contributed by atoms with Crippen LogP contribution >= 0.6 is 0 Å². The molecule has 3 nitrogen and oxygen atoms in total. The van der Waals surface area contributed by atoms with E-state index in [1.807, 2.05) is 13.0 Å². The molecule has 0 amide bonds. The van der Waals surface area contributed by atoms with E-state index in [1.54, 1.807) is 12.5 Å². The van der Waals surface area contributed by atoms with Crippen LogP contribution < -0.4 is 10.6 Å². The van der Waals surface area contributed by atoms with Crippen LogP contribution in [0.1, 0.15) is 23.6 Å². The van der Waals surface area contributed by atoms with Crippen molar-refractivity contribution in [2.75, 3.05) is 11.9 Å². The Bertz CT molecular complexity index is 518. The molecular formula is C16H22N2O. The van der Waals surface area contributed by atoms with Crippen molar-refractivity contribution in [3.63, 3.8) is 0 Å². The summed E-state index contributed by atoms with van der Waals surface area (Å²) in [5.41, 5.74) is 10.9. The molecule has 3 heteroatoms. The maximum atomic E-state index is 5.86. The maximum absolute atomic E-state index is 5.86. The van der Waals surface area contributed by atoms with E-state index >= 15 is 0 Å². The van der Waals surface area contributed by atoms with Gasteiger partial charge in [-0.3, -0.25) is 0 Å². The Labute approximate surface area is 115 Å². The van der Waals surface area contributed by atoms with Crippen LogP contribution in [0.4, 0.5) is 5.69 Å². The molecule has 0 saturated heterocycles. The van der Waals surface area contributed by atoms with Gasteiger partial charge in [-0.05, 0) is 49.6 Å². The first-order valence-corrected chi connectivity index (χ1v) is 6.63. The summed E-state index contributed by atoms with van der Waals surface area (Å²) >= 11 is 0. The van der Waals surface area contributed by atoms with Crippen LogP contribution in [0, 0.1) is 6.92 Å². The number of hydrogen-bond acceptors (Lipinski definition) is 3. The van der Waals surface area contributed by atoms with Gasteiger partial charge in [0.05, 0.1) is 12.5 Å². The van der Waals surface area contributed by atoms with Gasteiger partial charge >= 0.3 is 0 Å². The molecule has 0 fully saturated rings. The third kappa shape index (κ3) is 3.61. The average molecular weight is 258 g/mol. The van der Waals surface area contributed by atoms with Gasteiger partial charge in [-0.1, -0.05) is 6.07 Å². The predicted molar refractivity (Wildman–Crippen MR) is 79.3 cm³/mol. The van der Waals surface area contributed by atoms with Crippen LogP contribution in [-0.4, -0.2) is 13.1 Å². The predicted octanol–water partition coefficient (Wildman–Crippen LogP) is 3.11. The summed E-state index contributed by atoms with van der Waals surface area (Å²) in [5.74, 6) is 0. The lowest BCUT2D eigenvalue weighted by atomic mass is 10.0. The standard InChI is InChI=1S/C16H22N2O/c1-12-8-16(5-4-15(12)9-13(2)17)18(3)10-14-6-7-19-11-14/h4-8,11,13H,9-10,17H2,1-3H3. The van der Waals surface area contributed by atoms with Crippen molar-refractivity contribution in [1.82, 2.24) is 0 Å². The first-order chi connectivity index (χ1) is 9.06. The summed E-state index contributed by atoms with van der Waals surface area (Å²) in [4.78, 5) is 2.22. The van der Waals surface area contributed by atoms with Crippen LogP contribution in [0.3, 0.4) is 0 Å². The molecule has 0 aliphatic heterocycles. The minimum absolute atomic E-state index is 0.202. The Kier molecular flexibility index (Phi) is 4.27. The second-order valence-electron chi connectivity index (χ2n) is 5.28. The van der Waals surface area contributed by atoms with Crippen LogP contribution in [-0.2, 0) is 13.0 Å². The highest BCUT2D eigenvalue weighted by Gasteiger charge is 2.07. The maximum Gasteiger partial charge on any atom is 0.0952 e. The van der Waals surface area contributed by atoms with Gasteiger partial charge in [-0.15, -0.1) is 0 Å². The minimum Gasteiger partial charge on any atom is -0.472 e. The van der Waals surface area contributed by atoms with Crippen molar-refractivity contribution in [2.24, 2.45) is 5.73 Å². The van der Waals surface area contributed by atoms with E-state index in [0.717, 1.165) is 13.0 Å². The molecule has 2 N–H and O–H groups in total. The van der Waals surface area contributed by atoms with E-state index in [4.69, 9.17) is 10.2 Å². The number of aryl methyl sites for hydroxylation is 1. The van der Waals surface area contributed by atoms with Gasteiger partial charge in [-0.25, -0.2) is 0 Å². The molecule has 1 atom stereocenters. The molecule has 2 aromatic rings. The highest BCUT2D eigenvalue weighted by molar-refractivity contribution is 5.50. The fourth-order valence-electron chi connectivity index (χ4n) is 2.24. The van der Waals surface area contributed by atoms with Crippen molar-refractivity contribution < 1.29 is 4.42 Å². The molecule has 1 aromatic carbocycles. The van der Waals surface area contributed by atoms with Crippen molar-refractivity contribution in [1.29, 1.82) is 0 Å². The van der Waals surface area contributed by atoms with Gasteiger partial charge in [0.25, 0.3) is 0 Å². The first kappa shape index (κ1) is 13.7. The van der Waals surface area contributed by atoms with Crippen LogP contribution in [0.15, 0.2) is 41.2 Å². The molecule has 2 rings (SSSR count). The summed E-state index contributed by atoms with van der Waals surface area (Å²) in [6.45, 7) is 5.04. The van der Waals surface area contributed by atoms with Crippen LogP contribution in [0.2, 0.25) is 0 Å². The van der Waals surface area contributed by atoms with E-state index in [-0.39, 0.29) is 6.04 Å². The summed E-state index contributed by atoms with van der Waals surface area (Å²) < 4.78 is 5.10. The molecule has 1 unspecified atom stereocenters. The lowest BCUT2D eigenvalue weighted by Crippen LogP contribution is -2.19. The average Bonchev–Trinajstić information content (AvgIpc) is 2.84. The number of nitrogens with two attached hydrogens (primary N) is 1. The van der Waals surface area contributed by atoms with Gasteiger partial charge in [0.15, 0.2) is 0 Å². The molecule has 19 heavy (non-hydrogen) atoms. The lowest BCUT2D eigenvalue weighted by Gasteiger charge is -2.20. The Balaban J connectivity index is 2.10. The number of nitrogens with zero attached hydrogens (tertiary/aromatic N) is 1. The lowest BCUT2D eigenvalue weighted by molar-refractivity contribution is 0.563. The van der Waals surface area contributed by atoms with Crippen LogP contribution in [0.25, 0.3) is 0 Å². The van der Waals surface area contributed by atoms with Crippen molar-refractivity contribution in [2.45, 2.75) is 32.9 Å². The van der Waals surface area contributed by atoms with Gasteiger partial charge < -0.3 is 15.1 Å². The SMILES string of the molecule is Cc1cc(N(C)Cc2ccoc2)ccc1CC(C)N. The van der Waals surface area contributed by atoms with E-state index in [9.17, 15) is 0 Å². The van der Waals surface area contributed by atoms with Crippen molar-refractivity contribution in [3.05, 3.63) is 53.5 Å². The van der Waals surface area contributed by atoms with Gasteiger partial charge in [0.1, 0.15) is 0 Å². The number of rotatable bonds is 5. The Morgan fingerprint density at radius 2 is 2.11 bits per heavy atom. The number of anilines is 1. The topological polar surface area (TPSA) is 42.4 Å². The summed E-state index contributed by atoms with van der Waals surface area (Å²) in [6.07, 6.45) is 4.42. The minimum atomic E-state index is 0.202. The van der Waals surface area contributed by atoms with Gasteiger partial charge in [-0.2, -0.15) is 0 Å². The molecule has 0 bridgehead atoms. The second-order valence-corrected chi connectivity index (χ2v) is 5.28. The Hall–Kier alpha value is -1.74. The normalized spacial score (nSPS) is 12.4. The number of hydrogen-bond donors (Lipinski definition) is 1. The molecule has 102 valence electrons. The third-order valence-corrected chi connectivity index (χ3v) is 3.31. The van der Waals surface area contributed by atoms with E-state index in [0.29, 0.717) is 0 Å². The highest BCUT2D eigenvalue weighted by Crippen LogP contribution is 2.20. The molecule has 0 aliphatic rings. The quantitative estimate of drug-likeness (QED) is 0.896. The monoisotopic (exact) mass is 258 g/mol. The van der Waals surface area contributed by atoms with Crippen LogP contribution in [0.5, 0.6) is 0 Å². The molecular weight excluding hydrogens is 236 g/mol. The molecule has 0 saturated carbocycles. The fraction of sp³-hybridized carbons (Fsp3) is 0.375. The molecule has 0 aliphatic carbocycles. The van der Waals surface area contributed by atoms with Crippen molar-refractivity contribution in [3.8, 4) is 0 Å². The zero-order chi connectivity index (χ0) is 13.8. The summed E-state index contributed by atoms with van der Waals surface area (Å²) in [5, 5.41) is 0. The van der Waals surface area contributed by atoms with E-state index < -0.39 is 0 Å². The van der Waals surface area contributed by atoms with Gasteiger partial charge in [0, 0.05) is 30.9 Å². The Morgan fingerprint density at radius 3 is 2.68 bits per heavy atom. The highest BCUT2D eigenvalue weighted by atomic mass is 16.3. The zero-order valence-corrected chi connectivity index (χ0v) is 11.9. The summed E-state index contributed by atoms with van der Waals surface area (Å²) in [6, 6.07) is 8.75. The zero-order valence-electron chi connectivity index (χ0n) is 11.9. The third-order valence-electron chi connectivity index (χ3n) is 3.31. The number of furan rings is 1. The summed E-state index contributed by atoms with van der Waals surface area (Å²) in [7, 11) is 2.09. The van der Waals surface area contributed by atoms with Crippen molar-refractivity contribution >= 4 is 5.69 Å². The number of benzene rings is 1. The van der Waals surface area contributed by atoms with E-state index in [2.05, 4.69) is 37.1 Å². The molecule has 0 spiro atoms. The van der Waals surface area contributed by atoms with Gasteiger partial charge in [0.2, 0.25) is 0 Å². The second kappa shape index (κ2) is 5.93. The molecule has 1 aromatic heterocycles.